The molecule has 0 aromatic heterocycles. The predicted molar refractivity (Wildman–Crippen MR) is 83.3 cm³/mol. The number of carbonyl (C=O) groups excluding carboxylic acids is 2. The molecule has 1 fully saturated rings. The zero-order valence-corrected chi connectivity index (χ0v) is 12.5. The van der Waals surface area contributed by atoms with E-state index in [1.807, 2.05) is 17.9 Å². The van der Waals surface area contributed by atoms with Crippen LogP contribution in [0.3, 0.4) is 0 Å². The SMILES string of the molecule is CCNC(=O)c1ccc(N2CCCC2C(=O)NC)c(N)c1. The molecule has 1 saturated heterocycles. The number of likely N-dealkylation sites (N-methyl/N-ethyl adjacent to an activating group) is 1. The van der Waals surface area contributed by atoms with E-state index in [2.05, 4.69) is 10.6 Å². The molecule has 6 heteroatoms. The van der Waals surface area contributed by atoms with Crippen LogP contribution >= 0.6 is 0 Å². The lowest BCUT2D eigenvalue weighted by atomic mass is 10.1. The molecular formula is C15H22N4O2. The zero-order chi connectivity index (χ0) is 15.4. The molecule has 2 rings (SSSR count). The van der Waals surface area contributed by atoms with Crippen LogP contribution in [0.15, 0.2) is 18.2 Å². The third-order valence-electron chi connectivity index (χ3n) is 3.74. The summed E-state index contributed by atoms with van der Waals surface area (Å²) in [6, 6.07) is 5.05. The van der Waals surface area contributed by atoms with Crippen molar-refractivity contribution in [2.24, 2.45) is 0 Å². The van der Waals surface area contributed by atoms with E-state index < -0.39 is 0 Å². The number of nitrogen functional groups attached to an aromatic ring is 1. The van der Waals surface area contributed by atoms with Crippen LogP contribution in [-0.4, -0.2) is 38.0 Å². The molecule has 21 heavy (non-hydrogen) atoms. The number of rotatable bonds is 4. The molecule has 1 aromatic carbocycles. The number of amides is 2. The average Bonchev–Trinajstić information content (AvgIpc) is 2.95. The molecule has 6 nitrogen and oxygen atoms in total. The van der Waals surface area contributed by atoms with Gasteiger partial charge in [-0.15, -0.1) is 0 Å². The lowest BCUT2D eigenvalue weighted by Crippen LogP contribution is -2.42. The van der Waals surface area contributed by atoms with E-state index in [4.69, 9.17) is 5.73 Å². The van der Waals surface area contributed by atoms with Crippen LogP contribution in [0.2, 0.25) is 0 Å². The van der Waals surface area contributed by atoms with Gasteiger partial charge in [0.15, 0.2) is 0 Å². The van der Waals surface area contributed by atoms with Gasteiger partial charge >= 0.3 is 0 Å². The van der Waals surface area contributed by atoms with E-state index in [-0.39, 0.29) is 17.9 Å². The molecule has 0 radical (unpaired) electrons. The normalized spacial score (nSPS) is 17.6. The highest BCUT2D eigenvalue weighted by molar-refractivity contribution is 5.96. The van der Waals surface area contributed by atoms with Crippen molar-refractivity contribution in [1.82, 2.24) is 10.6 Å². The maximum atomic E-state index is 11.9. The lowest BCUT2D eigenvalue weighted by molar-refractivity contribution is -0.121. The zero-order valence-electron chi connectivity index (χ0n) is 12.5. The fourth-order valence-electron chi connectivity index (χ4n) is 2.71. The molecule has 1 atom stereocenters. The summed E-state index contributed by atoms with van der Waals surface area (Å²) in [5.74, 6) is -0.139. The number of nitrogens with zero attached hydrogens (tertiary/aromatic N) is 1. The van der Waals surface area contributed by atoms with Crippen LogP contribution in [0.25, 0.3) is 0 Å². The van der Waals surface area contributed by atoms with Crippen LogP contribution in [0.1, 0.15) is 30.1 Å². The lowest BCUT2D eigenvalue weighted by Gasteiger charge is -2.27. The van der Waals surface area contributed by atoms with Crippen molar-refractivity contribution in [2.45, 2.75) is 25.8 Å². The van der Waals surface area contributed by atoms with Gasteiger partial charge in [-0.2, -0.15) is 0 Å². The van der Waals surface area contributed by atoms with Crippen molar-refractivity contribution in [3.8, 4) is 0 Å². The number of benzene rings is 1. The number of hydrogen-bond acceptors (Lipinski definition) is 4. The molecule has 0 saturated carbocycles. The van der Waals surface area contributed by atoms with Gasteiger partial charge in [-0.25, -0.2) is 0 Å². The molecular weight excluding hydrogens is 268 g/mol. The van der Waals surface area contributed by atoms with Gasteiger partial charge in [-0.3, -0.25) is 9.59 Å². The molecule has 2 amide bonds. The minimum Gasteiger partial charge on any atom is -0.397 e. The van der Waals surface area contributed by atoms with Crippen LogP contribution in [0.4, 0.5) is 11.4 Å². The maximum absolute atomic E-state index is 11.9. The van der Waals surface area contributed by atoms with Gasteiger partial charge in [0, 0.05) is 25.7 Å². The summed E-state index contributed by atoms with van der Waals surface area (Å²) in [5.41, 5.74) is 7.96. The van der Waals surface area contributed by atoms with E-state index >= 15 is 0 Å². The van der Waals surface area contributed by atoms with Gasteiger partial charge < -0.3 is 21.3 Å². The molecule has 1 unspecified atom stereocenters. The Morgan fingerprint density at radius 2 is 2.19 bits per heavy atom. The molecule has 0 bridgehead atoms. The smallest absolute Gasteiger partial charge is 0.251 e. The Morgan fingerprint density at radius 3 is 2.81 bits per heavy atom. The quantitative estimate of drug-likeness (QED) is 0.714. The molecule has 1 heterocycles. The Labute approximate surface area is 124 Å². The van der Waals surface area contributed by atoms with Crippen LogP contribution in [0.5, 0.6) is 0 Å². The van der Waals surface area contributed by atoms with Gasteiger partial charge in [-0.1, -0.05) is 0 Å². The Bertz CT molecular complexity index is 544. The molecule has 0 aliphatic carbocycles. The number of anilines is 2. The van der Waals surface area contributed by atoms with Crippen molar-refractivity contribution in [1.29, 1.82) is 0 Å². The molecule has 1 aliphatic rings. The minimum atomic E-state index is -0.187. The first kappa shape index (κ1) is 15.2. The third kappa shape index (κ3) is 3.09. The summed E-state index contributed by atoms with van der Waals surface area (Å²) in [5, 5.41) is 5.43. The van der Waals surface area contributed by atoms with Crippen molar-refractivity contribution in [3.05, 3.63) is 23.8 Å². The van der Waals surface area contributed by atoms with Gasteiger partial charge in [0.05, 0.1) is 11.4 Å². The summed E-state index contributed by atoms with van der Waals surface area (Å²) >= 11 is 0. The maximum Gasteiger partial charge on any atom is 0.251 e. The fourth-order valence-corrected chi connectivity index (χ4v) is 2.71. The van der Waals surface area contributed by atoms with Crippen molar-refractivity contribution in [3.63, 3.8) is 0 Å². The molecule has 0 spiro atoms. The van der Waals surface area contributed by atoms with E-state index in [1.165, 1.54) is 0 Å². The van der Waals surface area contributed by atoms with Gasteiger partial charge in [-0.05, 0) is 38.0 Å². The second-order valence-electron chi connectivity index (χ2n) is 5.10. The fraction of sp³-hybridized carbons (Fsp3) is 0.467. The van der Waals surface area contributed by atoms with E-state index in [9.17, 15) is 9.59 Å². The number of carbonyl (C=O) groups is 2. The summed E-state index contributed by atoms with van der Waals surface area (Å²) in [7, 11) is 1.64. The van der Waals surface area contributed by atoms with E-state index in [0.29, 0.717) is 17.8 Å². The minimum absolute atomic E-state index is 0.000275. The second-order valence-corrected chi connectivity index (χ2v) is 5.10. The van der Waals surface area contributed by atoms with Gasteiger partial charge in [0.1, 0.15) is 6.04 Å². The monoisotopic (exact) mass is 290 g/mol. The second kappa shape index (κ2) is 6.47. The first-order chi connectivity index (χ1) is 10.1. The molecule has 1 aliphatic heterocycles. The van der Waals surface area contributed by atoms with Gasteiger partial charge in [0.2, 0.25) is 5.91 Å². The van der Waals surface area contributed by atoms with Crippen LogP contribution < -0.4 is 21.3 Å². The van der Waals surface area contributed by atoms with Crippen LogP contribution in [-0.2, 0) is 4.79 Å². The Balaban J connectivity index is 2.24. The highest BCUT2D eigenvalue weighted by atomic mass is 16.2. The molecule has 1 aromatic rings. The summed E-state index contributed by atoms with van der Waals surface area (Å²) < 4.78 is 0. The molecule has 4 N–H and O–H groups in total. The molecule has 114 valence electrons. The van der Waals surface area contributed by atoms with Crippen molar-refractivity contribution < 1.29 is 9.59 Å². The Kier molecular flexibility index (Phi) is 4.67. The highest BCUT2D eigenvalue weighted by Gasteiger charge is 2.31. The number of nitrogens with two attached hydrogens (primary N) is 1. The van der Waals surface area contributed by atoms with Gasteiger partial charge in [0.25, 0.3) is 5.91 Å². The Hall–Kier alpha value is -2.24. The highest BCUT2D eigenvalue weighted by Crippen LogP contribution is 2.31. The predicted octanol–water partition coefficient (Wildman–Crippen LogP) is 0.733. The van der Waals surface area contributed by atoms with E-state index in [0.717, 1.165) is 25.1 Å². The number of hydrogen-bond donors (Lipinski definition) is 3. The largest absolute Gasteiger partial charge is 0.397 e. The van der Waals surface area contributed by atoms with Crippen LogP contribution in [0, 0.1) is 0 Å². The third-order valence-corrected chi connectivity index (χ3v) is 3.74. The van der Waals surface area contributed by atoms with Crippen molar-refractivity contribution in [2.75, 3.05) is 30.8 Å². The number of nitrogens with one attached hydrogen (secondary N) is 2. The Morgan fingerprint density at radius 1 is 1.43 bits per heavy atom. The van der Waals surface area contributed by atoms with Crippen molar-refractivity contribution >= 4 is 23.2 Å². The summed E-state index contributed by atoms with van der Waals surface area (Å²) in [4.78, 5) is 25.7. The standard InChI is InChI=1S/C15H22N4O2/c1-3-18-14(20)10-6-7-12(11(16)9-10)19-8-4-5-13(19)15(21)17-2/h6-7,9,13H,3-5,8,16H2,1-2H3,(H,17,21)(H,18,20). The van der Waals surface area contributed by atoms with E-state index in [1.54, 1.807) is 19.2 Å². The summed E-state index contributed by atoms with van der Waals surface area (Å²) in [6.07, 6.45) is 1.77. The average molecular weight is 290 g/mol. The first-order valence-corrected chi connectivity index (χ1v) is 7.24. The topological polar surface area (TPSA) is 87.5 Å². The first-order valence-electron chi connectivity index (χ1n) is 7.24. The summed E-state index contributed by atoms with van der Waals surface area (Å²) in [6.45, 7) is 3.24.